The summed E-state index contributed by atoms with van der Waals surface area (Å²) in [6.45, 7) is 3.00. The maximum atomic E-state index is 6.34. The molecule has 0 bridgehead atoms. The molecule has 1 aromatic heterocycles. The quantitative estimate of drug-likeness (QED) is 0.907. The van der Waals surface area contributed by atoms with E-state index in [4.69, 9.17) is 10.5 Å². The van der Waals surface area contributed by atoms with Crippen molar-refractivity contribution in [2.45, 2.75) is 18.4 Å². The van der Waals surface area contributed by atoms with E-state index in [1.54, 1.807) is 7.11 Å². The number of rotatable bonds is 5. The van der Waals surface area contributed by atoms with Crippen LogP contribution < -0.4 is 10.5 Å². The molecule has 0 unspecified atom stereocenters. The van der Waals surface area contributed by atoms with Crippen LogP contribution in [-0.4, -0.2) is 47.2 Å². The summed E-state index contributed by atoms with van der Waals surface area (Å²) in [7, 11) is 3.73. The summed E-state index contributed by atoms with van der Waals surface area (Å²) >= 11 is 0. The largest absolute Gasteiger partial charge is 0.497 e. The van der Waals surface area contributed by atoms with Gasteiger partial charge in [0.1, 0.15) is 5.75 Å². The summed E-state index contributed by atoms with van der Waals surface area (Å²) < 4.78 is 7.27. The van der Waals surface area contributed by atoms with Gasteiger partial charge < -0.3 is 19.9 Å². The Morgan fingerprint density at radius 1 is 1.27 bits per heavy atom. The van der Waals surface area contributed by atoms with Crippen LogP contribution in [0.15, 0.2) is 36.8 Å². The van der Waals surface area contributed by atoms with Crippen molar-refractivity contribution in [3.63, 3.8) is 0 Å². The number of imidazole rings is 1. The number of benzene rings is 1. The molecule has 22 heavy (non-hydrogen) atoms. The molecule has 1 saturated heterocycles. The summed E-state index contributed by atoms with van der Waals surface area (Å²) in [5.74, 6) is 1.28. The van der Waals surface area contributed by atoms with Gasteiger partial charge in [-0.25, -0.2) is 4.98 Å². The van der Waals surface area contributed by atoms with E-state index in [1.165, 1.54) is 11.3 Å². The number of nitrogens with zero attached hydrogens (tertiary/aromatic N) is 3. The van der Waals surface area contributed by atoms with Gasteiger partial charge in [0.25, 0.3) is 0 Å². The van der Waals surface area contributed by atoms with E-state index in [-0.39, 0.29) is 6.04 Å². The lowest BCUT2D eigenvalue weighted by molar-refractivity contribution is 0.335. The Morgan fingerprint density at radius 2 is 2.05 bits per heavy atom. The van der Waals surface area contributed by atoms with Gasteiger partial charge in [-0.05, 0) is 24.1 Å². The van der Waals surface area contributed by atoms with Crippen molar-refractivity contribution in [1.82, 2.24) is 14.5 Å². The lowest BCUT2D eigenvalue weighted by Crippen LogP contribution is -2.30. The summed E-state index contributed by atoms with van der Waals surface area (Å²) in [5.41, 5.74) is 8.90. The number of aryl methyl sites for hydroxylation is 1. The number of aromatic nitrogens is 2. The predicted molar refractivity (Wildman–Crippen MR) is 87.1 cm³/mol. The molecule has 0 saturated carbocycles. The first-order valence-electron chi connectivity index (χ1n) is 7.74. The fraction of sp³-hybridized carbons (Fsp3) is 0.471. The van der Waals surface area contributed by atoms with Crippen molar-refractivity contribution in [1.29, 1.82) is 0 Å². The predicted octanol–water partition coefficient (Wildman–Crippen LogP) is 1.40. The van der Waals surface area contributed by atoms with Crippen LogP contribution in [0.1, 0.15) is 17.2 Å². The SMILES string of the molecule is COc1ccc(CCN2C[C@@H](N)[C@H](c3cncn3C)C2)cc1. The second-order valence-corrected chi connectivity index (χ2v) is 6.06. The smallest absolute Gasteiger partial charge is 0.118 e. The van der Waals surface area contributed by atoms with Gasteiger partial charge in [-0.1, -0.05) is 12.1 Å². The monoisotopic (exact) mass is 300 g/mol. The second kappa shape index (κ2) is 6.50. The molecule has 0 amide bonds. The third-order valence-corrected chi connectivity index (χ3v) is 4.55. The maximum absolute atomic E-state index is 6.34. The summed E-state index contributed by atoms with van der Waals surface area (Å²) in [5, 5.41) is 0. The van der Waals surface area contributed by atoms with Gasteiger partial charge in [0.05, 0.1) is 13.4 Å². The van der Waals surface area contributed by atoms with Crippen LogP contribution in [0.4, 0.5) is 0 Å². The standard InChI is InChI=1S/C17H24N4O/c1-20-12-19-9-17(20)15-10-21(11-16(15)18)8-7-13-3-5-14(22-2)6-4-13/h3-6,9,12,15-16H,7-8,10-11,18H2,1-2H3/t15-,16-/m1/s1. The Bertz CT molecular complexity index is 607. The molecule has 2 N–H and O–H groups in total. The zero-order valence-electron chi connectivity index (χ0n) is 13.3. The minimum absolute atomic E-state index is 0.186. The fourth-order valence-corrected chi connectivity index (χ4v) is 3.21. The Labute approximate surface area is 131 Å². The number of methoxy groups -OCH3 is 1. The Balaban J connectivity index is 1.57. The number of ether oxygens (including phenoxy) is 1. The number of likely N-dealkylation sites (tertiary alicyclic amines) is 1. The highest BCUT2D eigenvalue weighted by atomic mass is 16.5. The van der Waals surface area contributed by atoms with E-state index in [2.05, 4.69) is 26.6 Å². The van der Waals surface area contributed by atoms with Gasteiger partial charge in [0.2, 0.25) is 0 Å². The highest BCUT2D eigenvalue weighted by Crippen LogP contribution is 2.26. The molecule has 1 aliphatic heterocycles. The molecule has 2 aromatic rings. The molecular weight excluding hydrogens is 276 g/mol. The van der Waals surface area contributed by atoms with E-state index in [9.17, 15) is 0 Å². The number of hydrogen-bond donors (Lipinski definition) is 1. The number of nitrogens with two attached hydrogens (primary N) is 1. The van der Waals surface area contributed by atoms with Gasteiger partial charge in [-0.15, -0.1) is 0 Å². The molecule has 0 radical (unpaired) electrons. The lowest BCUT2D eigenvalue weighted by atomic mass is 10.0. The van der Waals surface area contributed by atoms with E-state index >= 15 is 0 Å². The highest BCUT2D eigenvalue weighted by molar-refractivity contribution is 5.27. The molecule has 5 nitrogen and oxygen atoms in total. The Hall–Kier alpha value is -1.85. The van der Waals surface area contributed by atoms with Gasteiger partial charge in [-0.3, -0.25) is 0 Å². The van der Waals surface area contributed by atoms with E-state index < -0.39 is 0 Å². The topological polar surface area (TPSA) is 56.3 Å². The normalized spacial score (nSPS) is 22.1. The summed E-state index contributed by atoms with van der Waals surface area (Å²) in [4.78, 5) is 6.66. The Morgan fingerprint density at radius 3 is 2.68 bits per heavy atom. The molecule has 118 valence electrons. The third kappa shape index (κ3) is 3.15. The molecule has 1 aromatic carbocycles. The molecule has 2 atom stereocenters. The van der Waals surface area contributed by atoms with Crippen molar-refractivity contribution in [2.75, 3.05) is 26.7 Å². The van der Waals surface area contributed by atoms with Crippen molar-refractivity contribution in [2.24, 2.45) is 12.8 Å². The van der Waals surface area contributed by atoms with Crippen LogP contribution >= 0.6 is 0 Å². The summed E-state index contributed by atoms with van der Waals surface area (Å²) in [6.07, 6.45) is 4.83. The zero-order valence-corrected chi connectivity index (χ0v) is 13.3. The average molecular weight is 300 g/mol. The lowest BCUT2D eigenvalue weighted by Gasteiger charge is -2.16. The van der Waals surface area contributed by atoms with Crippen LogP contribution in [0.3, 0.4) is 0 Å². The molecule has 0 spiro atoms. The molecule has 5 heteroatoms. The third-order valence-electron chi connectivity index (χ3n) is 4.55. The fourth-order valence-electron chi connectivity index (χ4n) is 3.21. The first kappa shape index (κ1) is 15.1. The summed E-state index contributed by atoms with van der Waals surface area (Å²) in [6, 6.07) is 8.49. The maximum Gasteiger partial charge on any atom is 0.118 e. The minimum atomic E-state index is 0.186. The molecular formula is C17H24N4O. The van der Waals surface area contributed by atoms with Gasteiger partial charge in [0.15, 0.2) is 0 Å². The van der Waals surface area contributed by atoms with Crippen LogP contribution in [0.2, 0.25) is 0 Å². The van der Waals surface area contributed by atoms with Crippen LogP contribution in [0, 0.1) is 0 Å². The minimum Gasteiger partial charge on any atom is -0.497 e. The van der Waals surface area contributed by atoms with Crippen LogP contribution in [0.5, 0.6) is 5.75 Å². The molecule has 0 aliphatic carbocycles. The van der Waals surface area contributed by atoms with Gasteiger partial charge >= 0.3 is 0 Å². The van der Waals surface area contributed by atoms with E-state index in [0.717, 1.165) is 31.8 Å². The average Bonchev–Trinajstić information content (AvgIpc) is 3.11. The second-order valence-electron chi connectivity index (χ2n) is 6.06. The zero-order chi connectivity index (χ0) is 15.5. The van der Waals surface area contributed by atoms with E-state index in [0.29, 0.717) is 5.92 Å². The van der Waals surface area contributed by atoms with Crippen molar-refractivity contribution in [3.8, 4) is 5.75 Å². The molecule has 2 heterocycles. The van der Waals surface area contributed by atoms with Crippen LogP contribution in [0.25, 0.3) is 0 Å². The Kier molecular flexibility index (Phi) is 4.45. The highest BCUT2D eigenvalue weighted by Gasteiger charge is 2.32. The van der Waals surface area contributed by atoms with E-state index in [1.807, 2.05) is 31.7 Å². The number of hydrogen-bond acceptors (Lipinski definition) is 4. The first-order chi connectivity index (χ1) is 10.7. The van der Waals surface area contributed by atoms with Gasteiger partial charge in [-0.2, -0.15) is 0 Å². The van der Waals surface area contributed by atoms with Crippen molar-refractivity contribution in [3.05, 3.63) is 48.0 Å². The molecule has 1 aliphatic rings. The van der Waals surface area contributed by atoms with Crippen molar-refractivity contribution < 1.29 is 4.74 Å². The first-order valence-corrected chi connectivity index (χ1v) is 7.74. The van der Waals surface area contributed by atoms with Gasteiger partial charge in [0, 0.05) is 50.5 Å². The molecule has 3 rings (SSSR count). The molecule has 1 fully saturated rings. The van der Waals surface area contributed by atoms with Crippen molar-refractivity contribution >= 4 is 0 Å². The van der Waals surface area contributed by atoms with Crippen LogP contribution in [-0.2, 0) is 13.5 Å².